The summed E-state index contributed by atoms with van der Waals surface area (Å²) in [7, 11) is 0. The summed E-state index contributed by atoms with van der Waals surface area (Å²) in [5, 5.41) is 0. The van der Waals surface area contributed by atoms with Crippen LogP contribution in [-0.4, -0.2) is 37.2 Å². The average molecular weight is 1080 g/mol. The molecule has 0 N–H and O–H groups in total. The second-order valence-electron chi connectivity index (χ2n) is 23.8. The highest BCUT2D eigenvalue weighted by Crippen LogP contribution is 2.19. The standard InChI is InChI=1S/C71H134O6/c1-4-7-10-13-16-19-22-25-27-29-31-33-34-35-36-37-39-40-42-44-46-49-52-55-58-61-64-70(73)76-67-68(66-75-69(72)63-60-57-54-51-48-24-21-18-15-12-9-6-3)77-71(74)65-62-59-56-53-50-47-45-43-41-38-32-30-28-26-23-20-17-14-11-8-5-2/h23,26,30,32,68H,4-22,24-25,27-29,31,33-67H2,1-3H3/b26-23-,32-30-. The van der Waals surface area contributed by atoms with E-state index in [4.69, 9.17) is 14.2 Å². The van der Waals surface area contributed by atoms with E-state index in [1.807, 2.05) is 0 Å². The lowest BCUT2D eigenvalue weighted by molar-refractivity contribution is -0.167. The summed E-state index contributed by atoms with van der Waals surface area (Å²) < 4.78 is 17.0. The van der Waals surface area contributed by atoms with E-state index in [9.17, 15) is 14.4 Å². The van der Waals surface area contributed by atoms with Crippen molar-refractivity contribution in [2.45, 2.75) is 399 Å². The van der Waals surface area contributed by atoms with Crippen LogP contribution >= 0.6 is 0 Å². The van der Waals surface area contributed by atoms with Crippen LogP contribution in [0.25, 0.3) is 0 Å². The third kappa shape index (κ3) is 64.6. The maximum absolute atomic E-state index is 12.9. The van der Waals surface area contributed by atoms with Gasteiger partial charge < -0.3 is 14.2 Å². The van der Waals surface area contributed by atoms with Crippen molar-refractivity contribution < 1.29 is 28.6 Å². The Morgan fingerprint density at radius 2 is 0.468 bits per heavy atom. The molecule has 1 atom stereocenters. The molecule has 0 saturated carbocycles. The zero-order valence-electron chi connectivity index (χ0n) is 52.3. The molecule has 0 spiro atoms. The Morgan fingerprint density at radius 1 is 0.260 bits per heavy atom. The summed E-state index contributed by atoms with van der Waals surface area (Å²) in [6, 6.07) is 0. The van der Waals surface area contributed by atoms with Crippen molar-refractivity contribution in [3.63, 3.8) is 0 Å². The van der Waals surface area contributed by atoms with Crippen LogP contribution in [0.2, 0.25) is 0 Å². The zero-order valence-corrected chi connectivity index (χ0v) is 52.3. The highest BCUT2D eigenvalue weighted by atomic mass is 16.6. The molecule has 0 fully saturated rings. The molecule has 0 heterocycles. The van der Waals surface area contributed by atoms with Gasteiger partial charge in [-0.1, -0.05) is 347 Å². The fraction of sp³-hybridized carbons (Fsp3) is 0.901. The van der Waals surface area contributed by atoms with Gasteiger partial charge in [-0.15, -0.1) is 0 Å². The van der Waals surface area contributed by atoms with E-state index in [0.29, 0.717) is 19.3 Å². The molecule has 0 saturated heterocycles. The normalized spacial score (nSPS) is 12.1. The van der Waals surface area contributed by atoms with Crippen LogP contribution in [0.3, 0.4) is 0 Å². The Kier molecular flexibility index (Phi) is 64.6. The summed E-state index contributed by atoms with van der Waals surface area (Å²) in [4.78, 5) is 38.4. The molecule has 0 aromatic heterocycles. The van der Waals surface area contributed by atoms with E-state index in [1.54, 1.807) is 0 Å². The molecule has 0 bridgehead atoms. The first-order valence-electron chi connectivity index (χ1n) is 34.8. The highest BCUT2D eigenvalue weighted by Gasteiger charge is 2.19. The van der Waals surface area contributed by atoms with Gasteiger partial charge in [0, 0.05) is 19.3 Å². The van der Waals surface area contributed by atoms with Crippen molar-refractivity contribution in [3.8, 4) is 0 Å². The van der Waals surface area contributed by atoms with Crippen LogP contribution in [0.15, 0.2) is 24.3 Å². The Hall–Kier alpha value is -2.11. The van der Waals surface area contributed by atoms with E-state index in [0.717, 1.165) is 64.2 Å². The van der Waals surface area contributed by atoms with E-state index < -0.39 is 6.10 Å². The Morgan fingerprint density at radius 3 is 0.714 bits per heavy atom. The SMILES string of the molecule is CCCCCCC/C=C\C/C=C\CCCCCCCCCCCC(=O)OC(COC(=O)CCCCCCCCCCCCCC)COC(=O)CCCCCCCCCCCCCCCCCCCCCCCCCCCC. The molecule has 1 unspecified atom stereocenters. The quantitative estimate of drug-likeness (QED) is 0.0261. The van der Waals surface area contributed by atoms with Gasteiger partial charge in [-0.05, 0) is 51.4 Å². The molecular formula is C71H134O6. The molecule has 0 rings (SSSR count). The monoisotopic (exact) mass is 1080 g/mol. The van der Waals surface area contributed by atoms with Crippen molar-refractivity contribution in [2.24, 2.45) is 0 Å². The van der Waals surface area contributed by atoms with Crippen molar-refractivity contribution in [1.29, 1.82) is 0 Å². The summed E-state index contributed by atoms with van der Waals surface area (Å²) in [6.45, 7) is 6.70. The predicted octanol–water partition coefficient (Wildman–Crippen LogP) is 23.8. The molecular weight excluding hydrogens is 949 g/mol. The first kappa shape index (κ1) is 74.9. The predicted molar refractivity (Wildman–Crippen MR) is 335 cm³/mol. The molecule has 0 aromatic rings. The Bertz CT molecular complexity index is 1240. The van der Waals surface area contributed by atoms with Crippen LogP contribution in [-0.2, 0) is 28.6 Å². The molecule has 0 aromatic carbocycles. The molecule has 0 aliphatic carbocycles. The van der Waals surface area contributed by atoms with Crippen LogP contribution in [0.1, 0.15) is 393 Å². The van der Waals surface area contributed by atoms with Gasteiger partial charge in [0.05, 0.1) is 0 Å². The summed E-state index contributed by atoms with van der Waals surface area (Å²) in [5.74, 6) is -0.840. The highest BCUT2D eigenvalue weighted by molar-refractivity contribution is 5.71. The molecule has 0 amide bonds. The maximum atomic E-state index is 12.9. The van der Waals surface area contributed by atoms with E-state index in [2.05, 4.69) is 45.1 Å². The van der Waals surface area contributed by atoms with Crippen molar-refractivity contribution in [3.05, 3.63) is 24.3 Å². The number of unbranched alkanes of at least 4 members (excludes halogenated alkanes) is 50. The minimum absolute atomic E-state index is 0.0666. The lowest BCUT2D eigenvalue weighted by Gasteiger charge is -2.18. The molecule has 6 nitrogen and oxygen atoms in total. The number of carbonyl (C=O) groups is 3. The van der Waals surface area contributed by atoms with Gasteiger partial charge in [-0.3, -0.25) is 14.4 Å². The average Bonchev–Trinajstić information content (AvgIpc) is 3.43. The third-order valence-electron chi connectivity index (χ3n) is 16.0. The number of allylic oxidation sites excluding steroid dienone is 4. The molecule has 0 radical (unpaired) electrons. The minimum Gasteiger partial charge on any atom is -0.462 e. The molecule has 454 valence electrons. The summed E-state index contributed by atoms with van der Waals surface area (Å²) in [5.41, 5.74) is 0. The molecule has 0 aliphatic heterocycles. The number of hydrogen-bond donors (Lipinski definition) is 0. The lowest BCUT2D eigenvalue weighted by atomic mass is 10.0. The first-order valence-corrected chi connectivity index (χ1v) is 34.8. The van der Waals surface area contributed by atoms with Crippen LogP contribution in [0.4, 0.5) is 0 Å². The summed E-state index contributed by atoms with van der Waals surface area (Å²) >= 11 is 0. The van der Waals surface area contributed by atoms with Crippen molar-refractivity contribution in [2.75, 3.05) is 13.2 Å². The number of rotatable bonds is 65. The van der Waals surface area contributed by atoms with Crippen LogP contribution in [0.5, 0.6) is 0 Å². The largest absolute Gasteiger partial charge is 0.462 e. The molecule has 6 heteroatoms. The van der Waals surface area contributed by atoms with Gasteiger partial charge in [0.25, 0.3) is 0 Å². The number of ether oxygens (including phenoxy) is 3. The van der Waals surface area contributed by atoms with Gasteiger partial charge in [0.15, 0.2) is 6.10 Å². The molecule has 0 aliphatic rings. The van der Waals surface area contributed by atoms with Gasteiger partial charge >= 0.3 is 17.9 Å². The van der Waals surface area contributed by atoms with Gasteiger partial charge in [-0.2, -0.15) is 0 Å². The van der Waals surface area contributed by atoms with E-state index in [1.165, 1.54) is 289 Å². The first-order chi connectivity index (χ1) is 38.0. The van der Waals surface area contributed by atoms with Crippen molar-refractivity contribution >= 4 is 17.9 Å². The fourth-order valence-corrected chi connectivity index (χ4v) is 10.7. The zero-order chi connectivity index (χ0) is 55.7. The Balaban J connectivity index is 4.19. The lowest BCUT2D eigenvalue weighted by Crippen LogP contribution is -2.30. The summed E-state index contributed by atoms with van der Waals surface area (Å²) in [6.07, 6.45) is 80.6. The second kappa shape index (κ2) is 66.4. The van der Waals surface area contributed by atoms with Crippen LogP contribution in [0, 0.1) is 0 Å². The van der Waals surface area contributed by atoms with Gasteiger partial charge in [-0.25, -0.2) is 0 Å². The van der Waals surface area contributed by atoms with Gasteiger partial charge in [0.1, 0.15) is 13.2 Å². The second-order valence-corrected chi connectivity index (χ2v) is 23.8. The van der Waals surface area contributed by atoms with Gasteiger partial charge in [0.2, 0.25) is 0 Å². The number of hydrogen-bond acceptors (Lipinski definition) is 6. The number of carbonyl (C=O) groups excluding carboxylic acids is 3. The minimum atomic E-state index is -0.770. The topological polar surface area (TPSA) is 78.9 Å². The fourth-order valence-electron chi connectivity index (χ4n) is 10.7. The van der Waals surface area contributed by atoms with E-state index in [-0.39, 0.29) is 31.1 Å². The smallest absolute Gasteiger partial charge is 0.306 e. The van der Waals surface area contributed by atoms with E-state index >= 15 is 0 Å². The Labute approximate surface area is 481 Å². The molecule has 77 heavy (non-hydrogen) atoms. The number of esters is 3. The third-order valence-corrected chi connectivity index (χ3v) is 16.0. The maximum Gasteiger partial charge on any atom is 0.306 e. The van der Waals surface area contributed by atoms with Crippen LogP contribution < -0.4 is 0 Å². The van der Waals surface area contributed by atoms with Crippen molar-refractivity contribution in [1.82, 2.24) is 0 Å².